The fraction of sp³-hybridized carbons (Fsp3) is 0.240. The van der Waals surface area contributed by atoms with Crippen LogP contribution < -0.4 is 15.5 Å². The molecule has 0 unspecified atom stereocenters. The van der Waals surface area contributed by atoms with Crippen molar-refractivity contribution in [3.63, 3.8) is 0 Å². The van der Waals surface area contributed by atoms with Crippen LogP contribution in [0.2, 0.25) is 0 Å². The molecule has 2 heterocycles. The number of carbonyl (C=O) groups is 2. The van der Waals surface area contributed by atoms with Gasteiger partial charge in [-0.25, -0.2) is 9.78 Å². The average molecular weight is 555 g/mol. The number of carbonyl (C=O) groups excluding carboxylic acids is 2. The van der Waals surface area contributed by atoms with Crippen LogP contribution in [0.1, 0.15) is 33.5 Å². The number of aromatic nitrogens is 1. The Hall–Kier alpha value is -3.74. The molecule has 0 aliphatic carbocycles. The molecule has 0 spiro atoms. The normalized spacial score (nSPS) is 13.4. The van der Waals surface area contributed by atoms with E-state index in [1.807, 2.05) is 0 Å². The summed E-state index contributed by atoms with van der Waals surface area (Å²) in [5.74, 6) is -0.260. The number of halogens is 6. The topological polar surface area (TPSA) is 74.3 Å². The number of aryl methyl sites for hydroxylation is 1. The number of urea groups is 1. The van der Waals surface area contributed by atoms with Gasteiger partial charge in [-0.15, -0.1) is 0 Å². The maximum atomic E-state index is 13.0. The Morgan fingerprint density at radius 2 is 1.68 bits per heavy atom. The number of alkyl halides is 6. The Kier molecular flexibility index (Phi) is 7.58. The Balaban J connectivity index is 1.37. The number of rotatable bonds is 5. The van der Waals surface area contributed by atoms with E-state index in [1.165, 1.54) is 16.7 Å². The number of hydrogen-bond acceptors (Lipinski definition) is 4. The largest absolute Gasteiger partial charge is 0.416 e. The van der Waals surface area contributed by atoms with Crippen LogP contribution in [0.3, 0.4) is 0 Å². The van der Waals surface area contributed by atoms with Crippen LogP contribution >= 0.6 is 11.8 Å². The van der Waals surface area contributed by atoms with Crippen molar-refractivity contribution in [2.75, 3.05) is 23.8 Å². The summed E-state index contributed by atoms with van der Waals surface area (Å²) >= 11 is 1.32. The van der Waals surface area contributed by atoms with Crippen LogP contribution in [0.5, 0.6) is 0 Å². The fourth-order valence-electron chi connectivity index (χ4n) is 3.81. The lowest BCUT2D eigenvalue weighted by Gasteiger charge is -2.18. The summed E-state index contributed by atoms with van der Waals surface area (Å²) in [6.07, 6.45) is -8.25. The van der Waals surface area contributed by atoms with Crippen LogP contribution in [-0.2, 0) is 18.8 Å². The zero-order chi connectivity index (χ0) is 27.7. The van der Waals surface area contributed by atoms with Gasteiger partial charge >= 0.3 is 18.4 Å². The van der Waals surface area contributed by atoms with Crippen molar-refractivity contribution in [2.24, 2.45) is 0 Å². The van der Waals surface area contributed by atoms with Gasteiger partial charge in [0.15, 0.2) is 0 Å². The van der Waals surface area contributed by atoms with Gasteiger partial charge in [-0.1, -0.05) is 11.8 Å². The monoisotopic (exact) mass is 554 g/mol. The molecule has 1 aromatic heterocycles. The van der Waals surface area contributed by atoms with Crippen molar-refractivity contribution in [1.82, 2.24) is 10.3 Å². The summed E-state index contributed by atoms with van der Waals surface area (Å²) in [6.45, 7) is 0.00356. The molecule has 13 heteroatoms. The minimum atomic E-state index is -4.92. The second kappa shape index (κ2) is 10.6. The van der Waals surface area contributed by atoms with Crippen molar-refractivity contribution < 1.29 is 35.9 Å². The molecule has 0 saturated carbocycles. The first kappa shape index (κ1) is 27.3. The first-order valence-corrected chi connectivity index (χ1v) is 12.0. The van der Waals surface area contributed by atoms with Crippen molar-refractivity contribution in [3.05, 3.63) is 77.0 Å². The van der Waals surface area contributed by atoms with Crippen LogP contribution in [0.25, 0.3) is 0 Å². The van der Waals surface area contributed by atoms with Crippen LogP contribution in [0.4, 0.5) is 42.5 Å². The quantitative estimate of drug-likeness (QED) is 0.275. The first-order valence-electron chi connectivity index (χ1n) is 11.2. The van der Waals surface area contributed by atoms with Crippen molar-refractivity contribution in [2.45, 2.75) is 35.1 Å². The molecule has 38 heavy (non-hydrogen) atoms. The van der Waals surface area contributed by atoms with E-state index in [2.05, 4.69) is 15.6 Å². The molecule has 200 valence electrons. The zero-order valence-corrected chi connectivity index (χ0v) is 20.5. The average Bonchev–Trinajstić information content (AvgIpc) is 2.95. The molecule has 0 atom stereocenters. The van der Waals surface area contributed by atoms with Crippen LogP contribution in [0, 0.1) is 0 Å². The van der Waals surface area contributed by atoms with Gasteiger partial charge in [0.25, 0.3) is 5.91 Å². The van der Waals surface area contributed by atoms with E-state index < -0.39 is 29.5 Å². The van der Waals surface area contributed by atoms with Gasteiger partial charge in [0.2, 0.25) is 0 Å². The highest BCUT2D eigenvalue weighted by molar-refractivity contribution is 7.99. The molecule has 6 nitrogen and oxygen atoms in total. The summed E-state index contributed by atoms with van der Waals surface area (Å²) in [7, 11) is 1.60. The molecular formula is C25H20F6N4O2S. The number of hydrogen-bond donors (Lipinski definition) is 2. The predicted octanol–water partition coefficient (Wildman–Crippen LogP) is 6.61. The van der Waals surface area contributed by atoms with Crippen molar-refractivity contribution in [3.8, 4) is 0 Å². The predicted molar refractivity (Wildman–Crippen MR) is 129 cm³/mol. The second-order valence-corrected chi connectivity index (χ2v) is 9.43. The van der Waals surface area contributed by atoms with E-state index in [4.69, 9.17) is 0 Å². The third-order valence-corrected chi connectivity index (χ3v) is 6.75. The van der Waals surface area contributed by atoms with Gasteiger partial charge in [0, 0.05) is 30.4 Å². The van der Waals surface area contributed by atoms with E-state index in [0.29, 0.717) is 34.1 Å². The number of benzene rings is 2. The Morgan fingerprint density at radius 1 is 1.00 bits per heavy atom. The standard InChI is InChI=1S/C25H20F6N4O2S/c1-35-19-13-17(6-7-20(19)38-21-18(22(35)36)5-3-8-32-21)34-23(37)33-9-2-4-14-10-15(24(26,27)28)12-16(11-14)25(29,30)31/h3,5-8,10-13H,2,4,9H2,1H3,(H2,33,34,37). The second-order valence-electron chi connectivity index (χ2n) is 8.40. The smallest absolute Gasteiger partial charge is 0.338 e. The molecule has 3 amide bonds. The molecule has 2 N–H and O–H groups in total. The molecule has 1 aliphatic rings. The highest BCUT2D eigenvalue weighted by Gasteiger charge is 2.36. The number of amides is 3. The molecule has 0 saturated heterocycles. The van der Waals surface area contributed by atoms with Gasteiger partial charge in [-0.3, -0.25) is 4.79 Å². The summed E-state index contributed by atoms with van der Waals surface area (Å²) in [6, 6.07) is 9.14. The van der Waals surface area contributed by atoms with Crippen molar-refractivity contribution in [1.29, 1.82) is 0 Å². The van der Waals surface area contributed by atoms with Gasteiger partial charge < -0.3 is 15.5 Å². The molecule has 0 bridgehead atoms. The minimum Gasteiger partial charge on any atom is -0.338 e. The Bertz CT molecular complexity index is 1340. The maximum Gasteiger partial charge on any atom is 0.416 e. The number of anilines is 2. The summed E-state index contributed by atoms with van der Waals surface area (Å²) in [5, 5.41) is 5.70. The molecule has 0 fully saturated rings. The van der Waals surface area contributed by atoms with E-state index in [-0.39, 0.29) is 36.9 Å². The molecule has 3 aromatic rings. The Morgan fingerprint density at radius 3 is 2.34 bits per heavy atom. The van der Waals surface area contributed by atoms with E-state index >= 15 is 0 Å². The molecule has 0 radical (unpaired) electrons. The summed E-state index contributed by atoms with van der Waals surface area (Å²) in [4.78, 5) is 31.6. The molecular weight excluding hydrogens is 534 g/mol. The number of fused-ring (bicyclic) bond motifs is 2. The third kappa shape index (κ3) is 6.21. The highest BCUT2D eigenvalue weighted by Crippen LogP contribution is 2.41. The van der Waals surface area contributed by atoms with Gasteiger partial charge in [-0.2, -0.15) is 26.3 Å². The van der Waals surface area contributed by atoms with E-state index in [1.54, 1.807) is 43.6 Å². The number of pyridine rings is 1. The molecule has 2 aromatic carbocycles. The fourth-order valence-corrected chi connectivity index (χ4v) is 4.83. The number of nitrogens with one attached hydrogen (secondary N) is 2. The van der Waals surface area contributed by atoms with Gasteiger partial charge in [0.05, 0.1) is 22.4 Å². The lowest BCUT2D eigenvalue weighted by Crippen LogP contribution is -2.30. The van der Waals surface area contributed by atoms with Gasteiger partial charge in [-0.05, 0) is 66.9 Å². The zero-order valence-electron chi connectivity index (χ0n) is 19.7. The summed E-state index contributed by atoms with van der Waals surface area (Å²) in [5.41, 5.74) is -1.50. The van der Waals surface area contributed by atoms with Crippen LogP contribution in [0.15, 0.2) is 64.6 Å². The molecule has 1 aliphatic heterocycles. The lowest BCUT2D eigenvalue weighted by molar-refractivity contribution is -0.143. The van der Waals surface area contributed by atoms with E-state index in [0.717, 1.165) is 4.90 Å². The maximum absolute atomic E-state index is 13.0. The van der Waals surface area contributed by atoms with Crippen LogP contribution in [-0.4, -0.2) is 30.5 Å². The lowest BCUT2D eigenvalue weighted by atomic mass is 10.0. The summed E-state index contributed by atoms with van der Waals surface area (Å²) < 4.78 is 78.1. The Labute approximate surface area is 217 Å². The van der Waals surface area contributed by atoms with E-state index in [9.17, 15) is 35.9 Å². The molecule has 4 rings (SSSR count). The SMILES string of the molecule is CN1C(=O)c2cccnc2Sc2ccc(NC(=O)NCCCc3cc(C(F)(F)F)cc(C(F)(F)F)c3)cc21. The number of nitrogens with zero attached hydrogens (tertiary/aromatic N) is 2. The minimum absolute atomic E-state index is 0.00356. The third-order valence-electron chi connectivity index (χ3n) is 5.67. The van der Waals surface area contributed by atoms with Gasteiger partial charge in [0.1, 0.15) is 5.03 Å². The highest BCUT2D eigenvalue weighted by atomic mass is 32.2. The van der Waals surface area contributed by atoms with Crippen molar-refractivity contribution >= 4 is 35.1 Å². The first-order chi connectivity index (χ1) is 17.8.